The highest BCUT2D eigenvalue weighted by atomic mass is 35.5. The van der Waals surface area contributed by atoms with E-state index in [9.17, 15) is 42.3 Å². The van der Waals surface area contributed by atoms with Gasteiger partial charge in [0, 0.05) is 55.1 Å². The summed E-state index contributed by atoms with van der Waals surface area (Å²) in [6.07, 6.45) is 2.75. The molecule has 0 spiro atoms. The molecule has 5 N–H and O–H groups in total. The van der Waals surface area contributed by atoms with Gasteiger partial charge in [-0.25, -0.2) is 27.6 Å². The minimum Gasteiger partial charge on any atom is -0.479 e. The number of carboxylic acid groups (broad SMARTS) is 2. The Balaban J connectivity index is 0.869. The molecule has 0 bridgehead atoms. The van der Waals surface area contributed by atoms with E-state index < -0.39 is 46.1 Å². The summed E-state index contributed by atoms with van der Waals surface area (Å²) < 4.78 is 38.1. The Kier molecular flexibility index (Phi) is 14.0. The Morgan fingerprint density at radius 1 is 0.928 bits per heavy atom. The largest absolute Gasteiger partial charge is 0.479 e. The minimum atomic E-state index is -3.82. The summed E-state index contributed by atoms with van der Waals surface area (Å²) in [6.45, 7) is 8.05. The topological polar surface area (TPSA) is 239 Å². The Hall–Kier alpha value is -6.22. The number of carbonyl (C=O) groups is 5. The van der Waals surface area contributed by atoms with Gasteiger partial charge in [0.2, 0.25) is 21.8 Å². The summed E-state index contributed by atoms with van der Waals surface area (Å²) >= 11 is 7.40. The second-order valence-corrected chi connectivity index (χ2v) is 22.0. The van der Waals surface area contributed by atoms with Crippen LogP contribution in [-0.4, -0.2) is 105 Å². The third-order valence-corrected chi connectivity index (χ3v) is 16.8. The lowest BCUT2D eigenvalue weighted by atomic mass is 9.89. The van der Waals surface area contributed by atoms with Crippen molar-refractivity contribution in [3.8, 4) is 16.2 Å². The Morgan fingerprint density at radius 2 is 1.65 bits per heavy atom. The zero-order valence-electron chi connectivity index (χ0n) is 38.5. The molecule has 0 unspecified atom stereocenters. The van der Waals surface area contributed by atoms with Crippen molar-refractivity contribution in [1.82, 2.24) is 23.7 Å². The van der Waals surface area contributed by atoms with Crippen molar-refractivity contribution in [2.24, 2.45) is 0 Å². The first-order valence-electron chi connectivity index (χ1n) is 22.7. The first kappa shape index (κ1) is 49.2. The zero-order chi connectivity index (χ0) is 49.5. The molecule has 0 radical (unpaired) electrons. The van der Waals surface area contributed by atoms with Crippen LogP contribution in [0.5, 0.6) is 5.75 Å². The van der Waals surface area contributed by atoms with Gasteiger partial charge in [-0.2, -0.15) is 4.31 Å². The van der Waals surface area contributed by atoms with Crippen LogP contribution in [0.4, 0.5) is 16.2 Å². The summed E-state index contributed by atoms with van der Waals surface area (Å²) in [4.78, 5) is 76.8. The number of carbonyl (C=O) groups excluding carboxylic acids is 3. The van der Waals surface area contributed by atoms with Crippen molar-refractivity contribution < 1.29 is 47.3 Å². The number of fused-ring (bicyclic) bond motifs is 1. The van der Waals surface area contributed by atoms with Crippen LogP contribution in [0.3, 0.4) is 0 Å². The van der Waals surface area contributed by atoms with Crippen LogP contribution < -0.4 is 26.4 Å². The number of likely N-dealkylation sites (tertiary alicyclic amines) is 1. The van der Waals surface area contributed by atoms with Crippen LogP contribution >= 0.6 is 22.9 Å². The molecule has 3 aromatic carbocycles. The van der Waals surface area contributed by atoms with Gasteiger partial charge in [0.15, 0.2) is 17.2 Å². The molecule has 0 aliphatic carbocycles. The number of halogens is 1. The number of hydrogen-bond acceptors (Lipinski definition) is 11. The van der Waals surface area contributed by atoms with E-state index in [1.54, 1.807) is 51.9 Å². The first-order chi connectivity index (χ1) is 32.7. The smallest absolute Gasteiger partial charge is 0.349 e. The number of ether oxygens (including phenoxy) is 1. The quantitative estimate of drug-likeness (QED) is 0.0680. The number of hydrogen-bond donors (Lipinski definition) is 5. The van der Waals surface area contributed by atoms with Crippen molar-refractivity contribution in [2.75, 3.05) is 36.9 Å². The van der Waals surface area contributed by atoms with Gasteiger partial charge in [0.25, 0.3) is 0 Å². The summed E-state index contributed by atoms with van der Waals surface area (Å²) in [7, 11) is -3.82. The maximum Gasteiger partial charge on any atom is 0.349 e. The number of aromatic nitrogens is 2. The van der Waals surface area contributed by atoms with Crippen molar-refractivity contribution in [3.05, 3.63) is 98.2 Å². The summed E-state index contributed by atoms with van der Waals surface area (Å²) in [5.41, 5.74) is 3.61. The highest BCUT2D eigenvalue weighted by molar-refractivity contribution is 7.88. The average Bonchev–Trinajstić information content (AvgIpc) is 3.77. The Bertz CT molecular complexity index is 3030. The van der Waals surface area contributed by atoms with E-state index in [4.69, 9.17) is 21.4 Å². The number of rotatable bonds is 14. The predicted octanol–water partition coefficient (Wildman–Crippen LogP) is 7.50. The van der Waals surface area contributed by atoms with Crippen molar-refractivity contribution >= 4 is 85.2 Å². The van der Waals surface area contributed by atoms with Gasteiger partial charge in [-0.05, 0) is 119 Å². The number of amides is 4. The third-order valence-electron chi connectivity index (χ3n) is 13.0. The molecular weight excluding hydrogens is 950 g/mol. The summed E-state index contributed by atoms with van der Waals surface area (Å²) in [6, 6.07) is 18.5. The van der Waals surface area contributed by atoms with Crippen molar-refractivity contribution in [2.45, 2.75) is 102 Å². The van der Waals surface area contributed by atoms with E-state index in [-0.39, 0.29) is 76.4 Å². The van der Waals surface area contributed by atoms with E-state index >= 15 is 0 Å². The van der Waals surface area contributed by atoms with E-state index in [1.165, 1.54) is 8.87 Å². The molecule has 3 aliphatic rings. The number of carboxylic acids is 2. The highest BCUT2D eigenvalue weighted by Gasteiger charge is 2.42. The fourth-order valence-corrected chi connectivity index (χ4v) is 13.3. The molecule has 3 fully saturated rings. The molecular formula is C48H54ClN7O11S2. The molecule has 18 nitrogen and oxygen atoms in total. The SMILES string of the molecule is CC(C)n1c(=O)n([C@@H]2CCC(=O)NC2=O)c2ccc(C3CCN(C(=O)Nc4cccc(CS(=O)(=O)N5CC[C@H](Nc6cccc(-c7sc(C(=O)O)c(OCC(=O)O)c7Cl)c6)CC5(C)C)c4)CC3)cc21. The number of sulfonamides is 1. The number of imidazole rings is 1. The number of thiophene rings is 1. The van der Waals surface area contributed by atoms with Crippen LogP contribution in [0.15, 0.2) is 71.5 Å². The normalized spacial score (nSPS) is 19.1. The minimum absolute atomic E-state index is 0.00338. The fourth-order valence-electron chi connectivity index (χ4n) is 9.88. The molecule has 0 saturated carbocycles. The maximum absolute atomic E-state index is 14.1. The summed E-state index contributed by atoms with van der Waals surface area (Å²) in [5.74, 6) is -3.76. The van der Waals surface area contributed by atoms with Crippen LogP contribution in [0.2, 0.25) is 5.02 Å². The number of urea groups is 1. The number of benzene rings is 3. The number of piperidine rings is 3. The maximum atomic E-state index is 14.1. The number of nitrogens with zero attached hydrogens (tertiary/aromatic N) is 4. The van der Waals surface area contributed by atoms with Crippen molar-refractivity contribution in [1.29, 1.82) is 0 Å². The number of anilines is 2. The van der Waals surface area contributed by atoms with Gasteiger partial charge in [0.05, 0.1) is 21.7 Å². The molecule has 69 heavy (non-hydrogen) atoms. The highest BCUT2D eigenvalue weighted by Crippen LogP contribution is 2.46. The number of imide groups is 1. The van der Waals surface area contributed by atoms with Crippen LogP contribution in [0.25, 0.3) is 21.5 Å². The van der Waals surface area contributed by atoms with E-state index in [0.29, 0.717) is 77.2 Å². The lowest BCUT2D eigenvalue weighted by molar-refractivity contribution is -0.139. The van der Waals surface area contributed by atoms with Gasteiger partial charge in [-0.3, -0.25) is 24.0 Å². The standard InChI is InChI=1S/C48H54ClN7O11S2/c1-27(2)55-37-23-30(11-12-35(37)56(47(55)64)36-13-14-38(57)52-44(36)60)29-15-18-53(19-16-29)46(63)51-32-9-5-7-28(21-32)26-69(65,66)54-20-17-34(24-48(54,3)4)50-33-10-6-8-31(22-33)42-40(49)41(67-25-39(58)59)43(68-42)45(61)62/h5-12,21-23,27,29,34,36,50H,13-20,24-26H2,1-4H3,(H,51,63)(H,58,59)(H,61,62)(H,52,57,60)/t34-,36+/m0/s1. The lowest BCUT2D eigenvalue weighted by Gasteiger charge is -2.45. The van der Waals surface area contributed by atoms with Crippen LogP contribution in [0.1, 0.15) is 105 Å². The average molecular weight is 1000 g/mol. The molecule has 4 amide bonds. The lowest BCUT2D eigenvalue weighted by Crippen LogP contribution is -2.55. The van der Waals surface area contributed by atoms with Crippen LogP contribution in [-0.2, 0) is 30.2 Å². The summed E-state index contributed by atoms with van der Waals surface area (Å²) in [5, 5.41) is 27.6. The van der Waals surface area contributed by atoms with Gasteiger partial charge < -0.3 is 30.5 Å². The van der Waals surface area contributed by atoms with E-state index in [2.05, 4.69) is 16.0 Å². The number of aromatic carboxylic acids is 1. The van der Waals surface area contributed by atoms with Crippen molar-refractivity contribution in [3.63, 3.8) is 0 Å². The van der Waals surface area contributed by atoms with Gasteiger partial charge in [-0.15, -0.1) is 11.3 Å². The zero-order valence-corrected chi connectivity index (χ0v) is 40.9. The molecule has 366 valence electrons. The second kappa shape index (κ2) is 19.6. The van der Waals surface area contributed by atoms with Crippen LogP contribution in [0, 0.1) is 0 Å². The molecule has 5 heterocycles. The van der Waals surface area contributed by atoms with Gasteiger partial charge in [-0.1, -0.05) is 41.9 Å². The van der Waals surface area contributed by atoms with Gasteiger partial charge >= 0.3 is 23.7 Å². The molecule has 21 heteroatoms. The fraction of sp³-hybridized carbons (Fsp3) is 0.417. The van der Waals surface area contributed by atoms with Gasteiger partial charge in [0.1, 0.15) is 11.1 Å². The Labute approximate surface area is 407 Å². The molecule has 2 aromatic heterocycles. The second-order valence-electron chi connectivity index (χ2n) is 18.7. The first-order valence-corrected chi connectivity index (χ1v) is 25.5. The van der Waals surface area contributed by atoms with E-state index in [1.807, 2.05) is 52.0 Å². The predicted molar refractivity (Wildman–Crippen MR) is 262 cm³/mol. The van der Waals surface area contributed by atoms with E-state index in [0.717, 1.165) is 16.9 Å². The molecule has 2 atom stereocenters. The number of nitrogens with one attached hydrogen (secondary N) is 3. The molecule has 3 saturated heterocycles. The number of aliphatic carboxylic acids is 1. The Morgan fingerprint density at radius 3 is 2.33 bits per heavy atom. The monoisotopic (exact) mass is 1000 g/mol. The third kappa shape index (κ3) is 10.4. The molecule has 8 rings (SSSR count). The molecule has 3 aliphatic heterocycles. The molecule has 5 aromatic rings.